The highest BCUT2D eigenvalue weighted by Gasteiger charge is 2.04. The van der Waals surface area contributed by atoms with E-state index in [9.17, 15) is 9.18 Å². The van der Waals surface area contributed by atoms with Crippen LogP contribution in [0.2, 0.25) is 0 Å². The van der Waals surface area contributed by atoms with Gasteiger partial charge in [0, 0.05) is 30.4 Å². The molecule has 0 bridgehead atoms. The summed E-state index contributed by atoms with van der Waals surface area (Å²) >= 11 is 0. The number of amides is 1. The van der Waals surface area contributed by atoms with Crippen molar-refractivity contribution in [3.63, 3.8) is 0 Å². The minimum atomic E-state index is -0.278. The van der Waals surface area contributed by atoms with Crippen LogP contribution in [0, 0.1) is 5.82 Å². The molecule has 1 heterocycles. The fraction of sp³-hybridized carbons (Fsp3) is 0.111. The second kappa shape index (κ2) is 8.02. The van der Waals surface area contributed by atoms with Crippen LogP contribution in [-0.4, -0.2) is 21.1 Å². The topological polar surface area (TPSA) is 91.8 Å². The minimum Gasteiger partial charge on any atom is -0.364 e. The van der Waals surface area contributed by atoms with Crippen LogP contribution in [0.25, 0.3) is 0 Å². The zero-order valence-electron chi connectivity index (χ0n) is 14.0. The van der Waals surface area contributed by atoms with Gasteiger partial charge in [0.05, 0.1) is 6.20 Å². The lowest BCUT2D eigenvalue weighted by Gasteiger charge is -2.09. The van der Waals surface area contributed by atoms with Gasteiger partial charge in [0.2, 0.25) is 11.9 Å². The second-order valence-corrected chi connectivity index (χ2v) is 5.49. The molecular formula is C18H17FN6O. The van der Waals surface area contributed by atoms with Crippen molar-refractivity contribution in [3.05, 3.63) is 66.1 Å². The van der Waals surface area contributed by atoms with E-state index in [0.29, 0.717) is 23.0 Å². The van der Waals surface area contributed by atoms with E-state index in [1.807, 2.05) is 0 Å². The number of aromatic nitrogens is 3. The van der Waals surface area contributed by atoms with E-state index >= 15 is 0 Å². The first-order valence-corrected chi connectivity index (χ1v) is 7.92. The molecule has 3 aromatic rings. The normalized spacial score (nSPS) is 10.2. The zero-order valence-corrected chi connectivity index (χ0v) is 14.0. The predicted octanol–water partition coefficient (Wildman–Crippen LogP) is 3.32. The lowest BCUT2D eigenvalue weighted by atomic mass is 10.2. The van der Waals surface area contributed by atoms with Crippen LogP contribution < -0.4 is 16.0 Å². The SMILES string of the molecule is CC(=O)Nc1ccc(Nc2nncc(NCc3ccccc3F)n2)cc1. The van der Waals surface area contributed by atoms with Crippen LogP contribution in [0.4, 0.5) is 27.5 Å². The summed E-state index contributed by atoms with van der Waals surface area (Å²) in [6.07, 6.45) is 1.46. The van der Waals surface area contributed by atoms with Crippen molar-refractivity contribution in [1.29, 1.82) is 0 Å². The summed E-state index contributed by atoms with van der Waals surface area (Å²) in [6.45, 7) is 1.74. The molecule has 0 atom stereocenters. The third-order valence-corrected chi connectivity index (χ3v) is 3.44. The van der Waals surface area contributed by atoms with Gasteiger partial charge in [-0.2, -0.15) is 10.1 Å². The van der Waals surface area contributed by atoms with E-state index in [1.54, 1.807) is 42.5 Å². The van der Waals surface area contributed by atoms with E-state index in [0.717, 1.165) is 5.69 Å². The summed E-state index contributed by atoms with van der Waals surface area (Å²) in [6, 6.07) is 13.6. The highest BCUT2D eigenvalue weighted by atomic mass is 19.1. The molecule has 7 nitrogen and oxygen atoms in total. The van der Waals surface area contributed by atoms with Crippen LogP contribution in [0.5, 0.6) is 0 Å². The van der Waals surface area contributed by atoms with E-state index in [4.69, 9.17) is 0 Å². The molecule has 0 aliphatic heterocycles. The number of carbonyl (C=O) groups excluding carboxylic acids is 1. The molecular weight excluding hydrogens is 335 g/mol. The maximum Gasteiger partial charge on any atom is 0.249 e. The second-order valence-electron chi connectivity index (χ2n) is 5.49. The Bertz CT molecular complexity index is 900. The number of nitrogens with zero attached hydrogens (tertiary/aromatic N) is 3. The highest BCUT2D eigenvalue weighted by Crippen LogP contribution is 2.17. The van der Waals surface area contributed by atoms with Gasteiger partial charge in [-0.25, -0.2) is 4.39 Å². The Balaban J connectivity index is 1.63. The lowest BCUT2D eigenvalue weighted by molar-refractivity contribution is -0.114. The number of carbonyl (C=O) groups is 1. The molecule has 0 unspecified atom stereocenters. The van der Waals surface area contributed by atoms with Crippen LogP contribution in [-0.2, 0) is 11.3 Å². The molecule has 132 valence electrons. The average Bonchev–Trinajstić information content (AvgIpc) is 2.63. The molecule has 0 saturated carbocycles. The Kier molecular flexibility index (Phi) is 5.33. The number of nitrogens with one attached hydrogen (secondary N) is 3. The molecule has 1 amide bonds. The summed E-state index contributed by atoms with van der Waals surface area (Å²) in [5.74, 6) is 0.364. The number of hydrogen-bond acceptors (Lipinski definition) is 6. The van der Waals surface area contributed by atoms with Gasteiger partial charge in [-0.1, -0.05) is 18.2 Å². The van der Waals surface area contributed by atoms with Crippen LogP contribution in [0.1, 0.15) is 12.5 Å². The molecule has 0 radical (unpaired) electrons. The van der Waals surface area contributed by atoms with Crippen LogP contribution >= 0.6 is 0 Å². The van der Waals surface area contributed by atoms with Crippen molar-refractivity contribution in [3.8, 4) is 0 Å². The molecule has 0 saturated heterocycles. The van der Waals surface area contributed by atoms with Crippen LogP contribution in [0.3, 0.4) is 0 Å². The van der Waals surface area contributed by atoms with Crippen LogP contribution in [0.15, 0.2) is 54.7 Å². The number of anilines is 4. The summed E-state index contributed by atoms with van der Waals surface area (Å²) < 4.78 is 13.6. The van der Waals surface area contributed by atoms with Gasteiger partial charge < -0.3 is 16.0 Å². The summed E-state index contributed by atoms with van der Waals surface area (Å²) in [5.41, 5.74) is 1.98. The monoisotopic (exact) mass is 352 g/mol. The predicted molar refractivity (Wildman–Crippen MR) is 97.6 cm³/mol. The Morgan fingerprint density at radius 3 is 2.54 bits per heavy atom. The molecule has 3 N–H and O–H groups in total. The number of halogens is 1. The van der Waals surface area contributed by atoms with Gasteiger partial charge in [-0.05, 0) is 30.3 Å². The fourth-order valence-corrected chi connectivity index (χ4v) is 2.24. The molecule has 3 rings (SSSR count). The Labute approximate surface area is 149 Å². The lowest BCUT2D eigenvalue weighted by Crippen LogP contribution is -2.07. The standard InChI is InChI=1S/C18H17FN6O/c1-12(26)22-14-6-8-15(9-7-14)23-18-24-17(11-21-25-18)20-10-13-4-2-3-5-16(13)19/h2-9,11H,10H2,1H3,(H,22,26)(H2,20,23,24,25). The Morgan fingerprint density at radius 2 is 1.81 bits per heavy atom. The third-order valence-electron chi connectivity index (χ3n) is 3.44. The Morgan fingerprint density at radius 1 is 1.08 bits per heavy atom. The van der Waals surface area contributed by atoms with Crippen molar-refractivity contribution in [2.75, 3.05) is 16.0 Å². The zero-order chi connectivity index (χ0) is 18.4. The molecule has 8 heteroatoms. The van der Waals surface area contributed by atoms with Gasteiger partial charge in [0.15, 0.2) is 5.82 Å². The third kappa shape index (κ3) is 4.73. The largest absolute Gasteiger partial charge is 0.364 e. The first-order valence-electron chi connectivity index (χ1n) is 7.92. The number of rotatable bonds is 6. The molecule has 0 fully saturated rings. The molecule has 1 aromatic heterocycles. The first-order chi connectivity index (χ1) is 12.6. The quantitative estimate of drug-likeness (QED) is 0.630. The van der Waals surface area contributed by atoms with Gasteiger partial charge in [-0.3, -0.25) is 4.79 Å². The molecule has 2 aromatic carbocycles. The smallest absolute Gasteiger partial charge is 0.249 e. The van der Waals surface area contributed by atoms with E-state index < -0.39 is 0 Å². The summed E-state index contributed by atoms with van der Waals surface area (Å²) in [7, 11) is 0. The van der Waals surface area contributed by atoms with Crippen molar-refractivity contribution < 1.29 is 9.18 Å². The van der Waals surface area contributed by atoms with E-state index in [-0.39, 0.29) is 18.3 Å². The number of hydrogen-bond donors (Lipinski definition) is 3. The van der Waals surface area contributed by atoms with Gasteiger partial charge in [-0.15, -0.1) is 5.10 Å². The summed E-state index contributed by atoms with van der Waals surface area (Å²) in [5, 5.41) is 16.5. The van der Waals surface area contributed by atoms with Gasteiger partial charge >= 0.3 is 0 Å². The van der Waals surface area contributed by atoms with Crippen molar-refractivity contribution in [2.24, 2.45) is 0 Å². The van der Waals surface area contributed by atoms with Crippen molar-refractivity contribution in [2.45, 2.75) is 13.5 Å². The van der Waals surface area contributed by atoms with Crippen molar-refractivity contribution in [1.82, 2.24) is 15.2 Å². The highest BCUT2D eigenvalue weighted by molar-refractivity contribution is 5.88. The minimum absolute atomic E-state index is 0.133. The van der Waals surface area contributed by atoms with Crippen molar-refractivity contribution >= 4 is 29.0 Å². The average molecular weight is 352 g/mol. The maximum absolute atomic E-state index is 13.6. The molecule has 0 aliphatic rings. The Hall–Kier alpha value is -3.55. The summed E-state index contributed by atoms with van der Waals surface area (Å²) in [4.78, 5) is 15.3. The molecule has 0 aliphatic carbocycles. The van der Waals surface area contributed by atoms with E-state index in [2.05, 4.69) is 31.1 Å². The maximum atomic E-state index is 13.6. The molecule has 26 heavy (non-hydrogen) atoms. The number of benzene rings is 2. The van der Waals surface area contributed by atoms with Gasteiger partial charge in [0.25, 0.3) is 0 Å². The van der Waals surface area contributed by atoms with E-state index in [1.165, 1.54) is 19.2 Å². The van der Waals surface area contributed by atoms with Gasteiger partial charge in [0.1, 0.15) is 5.82 Å². The molecule has 0 spiro atoms. The fourth-order valence-electron chi connectivity index (χ4n) is 2.24. The first kappa shape index (κ1) is 17.3.